The van der Waals surface area contributed by atoms with Crippen molar-refractivity contribution in [2.45, 2.75) is 19.3 Å². The number of hydrogen-bond acceptors (Lipinski definition) is 2. The number of nitrogens with zero attached hydrogens (tertiary/aromatic N) is 2. The molecule has 0 aliphatic heterocycles. The summed E-state index contributed by atoms with van der Waals surface area (Å²) >= 11 is 0. The van der Waals surface area contributed by atoms with Crippen molar-refractivity contribution in [3.63, 3.8) is 0 Å². The quantitative estimate of drug-likeness (QED) is 0.174. The Labute approximate surface area is 355 Å². The molecule has 0 N–H and O–H groups in total. The van der Waals surface area contributed by atoms with Crippen molar-refractivity contribution >= 4 is 43.1 Å². The highest BCUT2D eigenvalue weighted by Crippen LogP contribution is 2.52. The fraction of sp³-hybridized carbons (Fsp3) is 0.0508. The first-order valence-corrected chi connectivity index (χ1v) is 21.1. The number of aromatic nitrogens is 2. The highest BCUT2D eigenvalue weighted by molar-refractivity contribution is 6.12. The summed E-state index contributed by atoms with van der Waals surface area (Å²) in [7, 11) is 0. The molecule has 2 heteroatoms. The Morgan fingerprint density at radius 3 is 1.54 bits per heavy atom. The third-order valence-electron chi connectivity index (χ3n) is 13.1. The van der Waals surface area contributed by atoms with Crippen molar-refractivity contribution in [3.05, 3.63) is 217 Å². The fourth-order valence-corrected chi connectivity index (χ4v) is 10.0. The van der Waals surface area contributed by atoms with Crippen LogP contribution < -0.4 is 0 Å². The Bertz CT molecular complexity index is 3560. The van der Waals surface area contributed by atoms with Gasteiger partial charge in [0.1, 0.15) is 0 Å². The lowest BCUT2D eigenvalue weighted by Gasteiger charge is -2.22. The van der Waals surface area contributed by atoms with Gasteiger partial charge in [0.2, 0.25) is 0 Å². The van der Waals surface area contributed by atoms with E-state index >= 15 is 0 Å². The van der Waals surface area contributed by atoms with Crippen molar-refractivity contribution in [2.24, 2.45) is 0 Å². The lowest BCUT2D eigenvalue weighted by Crippen LogP contribution is -2.14. The smallest absolute Gasteiger partial charge is 0.161 e. The maximum Gasteiger partial charge on any atom is 0.161 e. The van der Waals surface area contributed by atoms with Crippen LogP contribution in [-0.4, -0.2) is 9.97 Å². The Kier molecular flexibility index (Phi) is 7.92. The van der Waals surface area contributed by atoms with Crippen LogP contribution in [-0.2, 0) is 5.41 Å². The molecule has 0 bridgehead atoms. The fourth-order valence-electron chi connectivity index (χ4n) is 10.0. The second kappa shape index (κ2) is 13.7. The Morgan fingerprint density at radius 1 is 0.311 bits per heavy atom. The van der Waals surface area contributed by atoms with Gasteiger partial charge in [0.05, 0.1) is 11.4 Å². The average Bonchev–Trinajstić information content (AvgIpc) is 3.56. The zero-order valence-corrected chi connectivity index (χ0v) is 34.0. The van der Waals surface area contributed by atoms with Gasteiger partial charge in [-0.25, -0.2) is 9.97 Å². The van der Waals surface area contributed by atoms with E-state index < -0.39 is 0 Å². The van der Waals surface area contributed by atoms with E-state index in [1.54, 1.807) is 0 Å². The molecule has 1 aliphatic carbocycles. The summed E-state index contributed by atoms with van der Waals surface area (Å²) in [6.07, 6.45) is 0. The largest absolute Gasteiger partial charge is 0.228 e. The van der Waals surface area contributed by atoms with Gasteiger partial charge in [-0.15, -0.1) is 0 Å². The normalized spacial score (nSPS) is 12.9. The van der Waals surface area contributed by atoms with Gasteiger partial charge in [-0.1, -0.05) is 196 Å². The summed E-state index contributed by atoms with van der Waals surface area (Å²) in [6.45, 7) is 4.73. The van der Waals surface area contributed by atoms with Crippen LogP contribution in [0.5, 0.6) is 0 Å². The van der Waals surface area contributed by atoms with Gasteiger partial charge in [-0.2, -0.15) is 0 Å². The number of fused-ring (bicyclic) bond motifs is 8. The van der Waals surface area contributed by atoms with Crippen molar-refractivity contribution in [3.8, 4) is 67.3 Å². The summed E-state index contributed by atoms with van der Waals surface area (Å²) in [4.78, 5) is 10.6. The molecule has 1 aliphatic rings. The van der Waals surface area contributed by atoms with Crippen LogP contribution in [0.15, 0.2) is 206 Å². The molecule has 1 heterocycles. The Hall–Kier alpha value is -7.68. The second-order valence-electron chi connectivity index (χ2n) is 16.9. The van der Waals surface area contributed by atoms with Gasteiger partial charge in [0.15, 0.2) is 5.82 Å². The molecule has 0 amide bonds. The molecule has 0 saturated carbocycles. The molecule has 12 rings (SSSR count). The van der Waals surface area contributed by atoms with Crippen LogP contribution in [0.1, 0.15) is 25.0 Å². The summed E-state index contributed by atoms with van der Waals surface area (Å²) in [6, 6.07) is 74.9. The molecule has 0 radical (unpaired) electrons. The van der Waals surface area contributed by atoms with Crippen LogP contribution in [0.25, 0.3) is 110 Å². The van der Waals surface area contributed by atoms with E-state index in [9.17, 15) is 0 Å². The van der Waals surface area contributed by atoms with E-state index in [1.165, 1.54) is 82.2 Å². The minimum Gasteiger partial charge on any atom is -0.228 e. The first kappa shape index (κ1) is 35.3. The van der Waals surface area contributed by atoms with Gasteiger partial charge in [-0.3, -0.25) is 0 Å². The lowest BCUT2D eigenvalue weighted by molar-refractivity contribution is 0.661. The number of benzene rings is 10. The topological polar surface area (TPSA) is 25.8 Å². The molecular weight excluding hydrogens is 737 g/mol. The highest BCUT2D eigenvalue weighted by Gasteiger charge is 2.36. The maximum atomic E-state index is 5.31. The van der Waals surface area contributed by atoms with E-state index in [2.05, 4.69) is 214 Å². The van der Waals surface area contributed by atoms with Crippen molar-refractivity contribution in [1.29, 1.82) is 0 Å². The lowest BCUT2D eigenvalue weighted by atomic mass is 9.81. The molecular formula is C59H40N2. The van der Waals surface area contributed by atoms with Gasteiger partial charge in [0, 0.05) is 22.1 Å². The van der Waals surface area contributed by atoms with E-state index in [0.717, 1.165) is 33.5 Å². The van der Waals surface area contributed by atoms with Crippen molar-refractivity contribution < 1.29 is 0 Å². The monoisotopic (exact) mass is 776 g/mol. The van der Waals surface area contributed by atoms with E-state index in [1.807, 2.05) is 6.07 Å². The van der Waals surface area contributed by atoms with Crippen LogP contribution in [0, 0.1) is 0 Å². The predicted molar refractivity (Wildman–Crippen MR) is 257 cm³/mol. The molecule has 0 saturated heterocycles. The summed E-state index contributed by atoms with van der Waals surface area (Å²) in [5.74, 6) is 0.710. The van der Waals surface area contributed by atoms with Crippen LogP contribution >= 0.6 is 0 Å². The van der Waals surface area contributed by atoms with E-state index in [0.29, 0.717) is 5.82 Å². The third-order valence-corrected chi connectivity index (χ3v) is 13.1. The molecule has 0 unspecified atom stereocenters. The molecule has 0 spiro atoms. The molecule has 11 aromatic rings. The summed E-state index contributed by atoms with van der Waals surface area (Å²) < 4.78 is 0. The summed E-state index contributed by atoms with van der Waals surface area (Å²) in [5, 5.41) is 9.76. The van der Waals surface area contributed by atoms with Crippen LogP contribution in [0.4, 0.5) is 0 Å². The Balaban J connectivity index is 1.01. The molecule has 1 aromatic heterocycles. The van der Waals surface area contributed by atoms with Crippen molar-refractivity contribution in [2.75, 3.05) is 0 Å². The van der Waals surface area contributed by atoms with E-state index in [-0.39, 0.29) is 5.41 Å². The molecule has 10 aromatic carbocycles. The predicted octanol–water partition coefficient (Wildman–Crippen LogP) is 15.7. The van der Waals surface area contributed by atoms with Gasteiger partial charge in [-0.05, 0) is 112 Å². The molecule has 0 fully saturated rings. The molecule has 0 atom stereocenters. The van der Waals surface area contributed by atoms with Gasteiger partial charge in [0.25, 0.3) is 0 Å². The first-order valence-electron chi connectivity index (χ1n) is 21.1. The Morgan fingerprint density at radius 2 is 0.820 bits per heavy atom. The van der Waals surface area contributed by atoms with E-state index in [4.69, 9.17) is 9.97 Å². The third kappa shape index (κ3) is 5.64. The standard InChI is InChI=1S/C59H40N2/c1-59(2)53-32-27-41(35-52(53)57-44-19-9-8-15-38(44)26-33-54(57)59)43-28-29-49(46-21-11-10-20-45(43)46)50-30-31-51(48-23-13-12-22-47(48)50)58-60-55(39-16-4-3-5-17-39)36-56(61-58)42-25-24-37-14-6-7-18-40(37)34-42/h3-36H,1-2H3. The molecule has 61 heavy (non-hydrogen) atoms. The first-order chi connectivity index (χ1) is 30.0. The van der Waals surface area contributed by atoms with Crippen LogP contribution in [0.3, 0.4) is 0 Å². The minimum absolute atomic E-state index is 0.0711. The maximum absolute atomic E-state index is 5.31. The zero-order chi connectivity index (χ0) is 40.7. The SMILES string of the molecule is CC1(C)c2ccc(-c3ccc(-c4ccc(-c5nc(-c6ccccc6)cc(-c6ccc7ccccc7c6)n5)c5ccccc45)c4ccccc34)cc2-c2c1ccc1ccccc21. The average molecular weight is 777 g/mol. The van der Waals surface area contributed by atoms with Crippen LogP contribution in [0.2, 0.25) is 0 Å². The summed E-state index contributed by atoms with van der Waals surface area (Å²) in [5.41, 5.74) is 15.2. The zero-order valence-electron chi connectivity index (χ0n) is 34.0. The minimum atomic E-state index is -0.0711. The van der Waals surface area contributed by atoms with Gasteiger partial charge >= 0.3 is 0 Å². The molecule has 286 valence electrons. The van der Waals surface area contributed by atoms with Crippen molar-refractivity contribution in [1.82, 2.24) is 9.97 Å². The number of rotatable bonds is 5. The second-order valence-corrected chi connectivity index (χ2v) is 16.9. The number of hydrogen-bond donors (Lipinski definition) is 0. The molecule has 2 nitrogen and oxygen atoms in total. The van der Waals surface area contributed by atoms with Gasteiger partial charge < -0.3 is 0 Å². The highest BCUT2D eigenvalue weighted by atomic mass is 14.9.